The molecule has 3 N–H and O–H groups in total. The maximum Gasteiger partial charge on any atom is 0.188 e. The summed E-state index contributed by atoms with van der Waals surface area (Å²) in [6, 6.07) is 0.618. The largest absolute Gasteiger partial charge is 0.385 e. The van der Waals surface area contributed by atoms with Crippen LogP contribution in [0.5, 0.6) is 0 Å². The van der Waals surface area contributed by atoms with Gasteiger partial charge in [-0.05, 0) is 50.6 Å². The van der Waals surface area contributed by atoms with Gasteiger partial charge in [0.1, 0.15) is 0 Å². The first kappa shape index (κ1) is 21.0. The Balaban J connectivity index is 0.00000264. The van der Waals surface area contributed by atoms with E-state index < -0.39 is 0 Å². The fourth-order valence-electron chi connectivity index (χ4n) is 4.00. The number of halogens is 1. The molecule has 2 fully saturated rings. The van der Waals surface area contributed by atoms with Gasteiger partial charge in [0, 0.05) is 32.8 Å². The molecule has 1 aliphatic heterocycles. The molecule has 1 heterocycles. The Kier molecular flexibility index (Phi) is 9.77. The number of nitrogens with two attached hydrogens (primary N) is 1. The molecule has 23 heavy (non-hydrogen) atoms. The van der Waals surface area contributed by atoms with Crippen LogP contribution in [0.15, 0.2) is 4.99 Å². The van der Waals surface area contributed by atoms with E-state index in [9.17, 15) is 0 Å². The first-order valence-corrected chi connectivity index (χ1v) is 8.96. The lowest BCUT2D eigenvalue weighted by atomic mass is 9.83. The number of aliphatic imine (C=N–C) groups is 1. The maximum atomic E-state index is 6.09. The second-order valence-electron chi connectivity index (χ2n) is 6.96. The Labute approximate surface area is 158 Å². The first-order chi connectivity index (χ1) is 10.7. The van der Waals surface area contributed by atoms with Gasteiger partial charge < -0.3 is 15.8 Å². The molecule has 0 spiro atoms. The van der Waals surface area contributed by atoms with Gasteiger partial charge >= 0.3 is 0 Å². The third-order valence-electron chi connectivity index (χ3n) is 5.51. The normalized spacial score (nSPS) is 24.6. The van der Waals surface area contributed by atoms with Crippen LogP contribution < -0.4 is 11.1 Å². The number of ether oxygens (including phenoxy) is 1. The van der Waals surface area contributed by atoms with E-state index in [-0.39, 0.29) is 24.0 Å². The average molecular weight is 438 g/mol. The number of likely N-dealkylation sites (tertiary alicyclic amines) is 1. The molecule has 1 saturated heterocycles. The molecular weight excluding hydrogens is 403 g/mol. The Morgan fingerprint density at radius 3 is 2.74 bits per heavy atom. The highest BCUT2D eigenvalue weighted by atomic mass is 127. The van der Waals surface area contributed by atoms with Crippen molar-refractivity contribution in [1.29, 1.82) is 0 Å². The molecule has 0 aromatic heterocycles. The lowest BCUT2D eigenvalue weighted by molar-refractivity contribution is 0.141. The van der Waals surface area contributed by atoms with E-state index in [2.05, 4.69) is 22.1 Å². The number of guanidine groups is 1. The average Bonchev–Trinajstić information content (AvgIpc) is 3.18. The molecule has 2 aliphatic rings. The van der Waals surface area contributed by atoms with Gasteiger partial charge in [-0.2, -0.15) is 0 Å². The molecule has 0 radical (unpaired) electrons. The van der Waals surface area contributed by atoms with Gasteiger partial charge in [0.25, 0.3) is 0 Å². The minimum atomic E-state index is 0. The van der Waals surface area contributed by atoms with E-state index in [0.717, 1.165) is 32.7 Å². The van der Waals surface area contributed by atoms with E-state index in [1.807, 2.05) is 0 Å². The highest BCUT2D eigenvalue weighted by Crippen LogP contribution is 2.41. The van der Waals surface area contributed by atoms with E-state index >= 15 is 0 Å². The smallest absolute Gasteiger partial charge is 0.188 e. The Morgan fingerprint density at radius 2 is 2.09 bits per heavy atom. The van der Waals surface area contributed by atoms with E-state index in [0.29, 0.717) is 17.4 Å². The summed E-state index contributed by atoms with van der Waals surface area (Å²) in [5.41, 5.74) is 6.42. The monoisotopic (exact) mass is 438 g/mol. The summed E-state index contributed by atoms with van der Waals surface area (Å²) in [6.45, 7) is 7.18. The van der Waals surface area contributed by atoms with Gasteiger partial charge in [0.05, 0.1) is 0 Å². The molecule has 2 rings (SSSR count). The quantitative estimate of drug-likeness (QED) is 0.348. The van der Waals surface area contributed by atoms with Crippen molar-refractivity contribution in [2.75, 3.05) is 39.9 Å². The molecule has 1 aliphatic carbocycles. The predicted octanol–water partition coefficient (Wildman–Crippen LogP) is 2.59. The highest BCUT2D eigenvalue weighted by molar-refractivity contribution is 14.0. The van der Waals surface area contributed by atoms with Crippen LogP contribution in [0.25, 0.3) is 0 Å². The van der Waals surface area contributed by atoms with Crippen molar-refractivity contribution < 1.29 is 4.74 Å². The fraction of sp³-hybridized carbons (Fsp3) is 0.941. The molecule has 6 heteroatoms. The van der Waals surface area contributed by atoms with Gasteiger partial charge in [0.15, 0.2) is 5.96 Å². The Morgan fingerprint density at radius 1 is 1.35 bits per heavy atom. The van der Waals surface area contributed by atoms with Crippen molar-refractivity contribution in [2.24, 2.45) is 16.1 Å². The molecule has 136 valence electrons. The van der Waals surface area contributed by atoms with Crippen LogP contribution in [0.2, 0.25) is 0 Å². The molecular formula is C17H35IN4O. The molecule has 5 nitrogen and oxygen atoms in total. The number of likely N-dealkylation sites (N-methyl/N-ethyl adjacent to an activating group) is 1. The highest BCUT2D eigenvalue weighted by Gasteiger charge is 2.33. The predicted molar refractivity (Wildman–Crippen MR) is 108 cm³/mol. The fourth-order valence-corrected chi connectivity index (χ4v) is 4.00. The second-order valence-corrected chi connectivity index (χ2v) is 6.96. The molecule has 1 unspecified atom stereocenters. The maximum absolute atomic E-state index is 6.09. The number of hydrogen-bond acceptors (Lipinski definition) is 3. The van der Waals surface area contributed by atoms with Gasteiger partial charge in [-0.15, -0.1) is 24.0 Å². The second kappa shape index (κ2) is 10.7. The van der Waals surface area contributed by atoms with Gasteiger partial charge in [0.2, 0.25) is 0 Å². The topological polar surface area (TPSA) is 62.9 Å². The molecule has 1 saturated carbocycles. The van der Waals surface area contributed by atoms with E-state index in [1.54, 1.807) is 7.11 Å². The number of methoxy groups -OCH3 is 1. The zero-order valence-electron chi connectivity index (χ0n) is 14.9. The van der Waals surface area contributed by atoms with Crippen molar-refractivity contribution in [3.05, 3.63) is 0 Å². The van der Waals surface area contributed by atoms with Crippen molar-refractivity contribution in [3.8, 4) is 0 Å². The van der Waals surface area contributed by atoms with E-state index in [1.165, 1.54) is 45.1 Å². The third-order valence-corrected chi connectivity index (χ3v) is 5.51. The van der Waals surface area contributed by atoms with Gasteiger partial charge in [-0.1, -0.05) is 19.8 Å². The van der Waals surface area contributed by atoms with Gasteiger partial charge in [-0.25, -0.2) is 0 Å². The lowest BCUT2D eigenvalue weighted by Crippen LogP contribution is -2.43. The summed E-state index contributed by atoms with van der Waals surface area (Å²) in [6.07, 6.45) is 8.84. The number of hydrogen-bond donors (Lipinski definition) is 2. The molecule has 0 aromatic rings. The minimum Gasteiger partial charge on any atom is -0.385 e. The summed E-state index contributed by atoms with van der Waals surface area (Å²) in [4.78, 5) is 7.18. The van der Waals surface area contributed by atoms with Crippen LogP contribution in [0, 0.1) is 5.41 Å². The standard InChI is InChI=1S/C17H34N4O.HI/c1-3-21-11-6-7-15(21)13-19-16(18)20-14-17(10-12-22-2)8-4-5-9-17;/h15H,3-14H2,1-2H3,(H3,18,19,20);1H. The van der Waals surface area contributed by atoms with Crippen LogP contribution in [0.1, 0.15) is 51.9 Å². The Hall–Kier alpha value is -0.0800. The molecule has 0 amide bonds. The van der Waals surface area contributed by atoms with Crippen LogP contribution in [-0.2, 0) is 4.74 Å². The number of nitrogens with one attached hydrogen (secondary N) is 1. The van der Waals surface area contributed by atoms with Gasteiger partial charge in [-0.3, -0.25) is 9.89 Å². The van der Waals surface area contributed by atoms with Crippen LogP contribution in [-0.4, -0.2) is 56.8 Å². The van der Waals surface area contributed by atoms with Crippen LogP contribution in [0.3, 0.4) is 0 Å². The summed E-state index contributed by atoms with van der Waals surface area (Å²) in [7, 11) is 1.78. The van der Waals surface area contributed by atoms with Crippen molar-refractivity contribution in [1.82, 2.24) is 10.2 Å². The summed E-state index contributed by atoms with van der Waals surface area (Å²) < 4.78 is 5.27. The molecule has 1 atom stereocenters. The van der Waals surface area contributed by atoms with Crippen molar-refractivity contribution >= 4 is 29.9 Å². The third kappa shape index (κ3) is 6.38. The SMILES string of the molecule is CCN1CCCC1CNC(N)=NCC1(CCOC)CCCC1.I. The number of rotatable bonds is 8. The van der Waals surface area contributed by atoms with Crippen LogP contribution >= 0.6 is 24.0 Å². The van der Waals surface area contributed by atoms with Crippen LogP contribution in [0.4, 0.5) is 0 Å². The van der Waals surface area contributed by atoms with Crippen molar-refractivity contribution in [3.63, 3.8) is 0 Å². The summed E-state index contributed by atoms with van der Waals surface area (Å²) >= 11 is 0. The lowest BCUT2D eigenvalue weighted by Gasteiger charge is -2.27. The zero-order valence-corrected chi connectivity index (χ0v) is 17.2. The minimum absolute atomic E-state index is 0. The summed E-state index contributed by atoms with van der Waals surface area (Å²) in [5.74, 6) is 0.617. The molecule has 0 aromatic carbocycles. The van der Waals surface area contributed by atoms with E-state index in [4.69, 9.17) is 10.5 Å². The molecule has 0 bridgehead atoms. The zero-order chi connectivity index (χ0) is 15.8. The van der Waals surface area contributed by atoms with Crippen molar-refractivity contribution in [2.45, 2.75) is 57.9 Å². The Bertz CT molecular complexity index is 359. The summed E-state index contributed by atoms with van der Waals surface area (Å²) in [5, 5.41) is 3.34. The number of nitrogens with zero attached hydrogens (tertiary/aromatic N) is 2. The first-order valence-electron chi connectivity index (χ1n) is 8.96.